The number of aryl methyl sites for hydroxylation is 1. The van der Waals surface area contributed by atoms with Crippen molar-refractivity contribution >= 4 is 0 Å². The number of benzene rings is 1. The number of nitrogens with zero attached hydrogens (tertiary/aromatic N) is 6. The SMILES string of the molecule is CCCn1nnnc1CN(CCOC)Cc1ccc(C#N)cc1. The minimum absolute atomic E-state index is 0.644. The minimum Gasteiger partial charge on any atom is -0.383 e. The van der Waals surface area contributed by atoms with Crippen LogP contribution >= 0.6 is 0 Å². The second-order valence-electron chi connectivity index (χ2n) is 5.33. The molecule has 0 bridgehead atoms. The van der Waals surface area contributed by atoms with Gasteiger partial charge in [0.25, 0.3) is 0 Å². The van der Waals surface area contributed by atoms with Gasteiger partial charge in [0.1, 0.15) is 0 Å². The van der Waals surface area contributed by atoms with Gasteiger partial charge in [-0.25, -0.2) is 4.68 Å². The first kappa shape index (κ1) is 17.1. The monoisotopic (exact) mass is 314 g/mol. The van der Waals surface area contributed by atoms with Gasteiger partial charge in [-0.1, -0.05) is 19.1 Å². The second-order valence-corrected chi connectivity index (χ2v) is 5.33. The summed E-state index contributed by atoms with van der Waals surface area (Å²) in [6, 6.07) is 9.77. The molecule has 0 amide bonds. The maximum atomic E-state index is 8.88. The molecule has 0 N–H and O–H groups in total. The van der Waals surface area contributed by atoms with E-state index in [1.165, 1.54) is 0 Å². The maximum Gasteiger partial charge on any atom is 0.165 e. The fourth-order valence-electron chi connectivity index (χ4n) is 2.30. The summed E-state index contributed by atoms with van der Waals surface area (Å²) in [4.78, 5) is 2.24. The Bertz CT molecular complexity index is 631. The van der Waals surface area contributed by atoms with E-state index in [0.29, 0.717) is 18.7 Å². The topological polar surface area (TPSA) is 79.9 Å². The average Bonchev–Trinajstić information content (AvgIpc) is 3.00. The Balaban J connectivity index is 2.06. The van der Waals surface area contributed by atoms with Gasteiger partial charge in [0, 0.05) is 26.7 Å². The standard InChI is InChI=1S/C16H22N6O/c1-3-8-22-16(18-19-20-22)13-21(9-10-23-2)12-15-6-4-14(11-17)5-7-15/h4-7H,3,8-10,12-13H2,1-2H3. The van der Waals surface area contributed by atoms with Crippen LogP contribution in [0.2, 0.25) is 0 Å². The number of hydrogen-bond donors (Lipinski definition) is 0. The largest absolute Gasteiger partial charge is 0.383 e. The first-order valence-electron chi connectivity index (χ1n) is 7.72. The first-order chi connectivity index (χ1) is 11.3. The quantitative estimate of drug-likeness (QED) is 0.699. The zero-order valence-corrected chi connectivity index (χ0v) is 13.6. The molecule has 0 saturated carbocycles. The molecule has 122 valence electrons. The molecule has 7 heteroatoms. The molecular formula is C16H22N6O. The molecule has 7 nitrogen and oxygen atoms in total. The third-order valence-corrected chi connectivity index (χ3v) is 3.51. The van der Waals surface area contributed by atoms with Gasteiger partial charge >= 0.3 is 0 Å². The van der Waals surface area contributed by atoms with E-state index >= 15 is 0 Å². The molecule has 0 atom stereocenters. The molecule has 2 rings (SSSR count). The summed E-state index contributed by atoms with van der Waals surface area (Å²) in [5.74, 6) is 0.858. The summed E-state index contributed by atoms with van der Waals surface area (Å²) in [5.41, 5.74) is 1.82. The summed E-state index contributed by atoms with van der Waals surface area (Å²) >= 11 is 0. The van der Waals surface area contributed by atoms with Crippen molar-refractivity contribution in [1.29, 1.82) is 5.26 Å². The molecule has 2 aromatic rings. The fourth-order valence-corrected chi connectivity index (χ4v) is 2.30. The lowest BCUT2D eigenvalue weighted by Crippen LogP contribution is -2.28. The van der Waals surface area contributed by atoms with Gasteiger partial charge in [0.15, 0.2) is 5.82 Å². The average molecular weight is 314 g/mol. The molecule has 0 aliphatic carbocycles. The van der Waals surface area contributed by atoms with Crippen molar-refractivity contribution in [3.8, 4) is 6.07 Å². The highest BCUT2D eigenvalue weighted by molar-refractivity contribution is 5.31. The minimum atomic E-state index is 0.644. The van der Waals surface area contributed by atoms with Crippen LogP contribution in [0.25, 0.3) is 0 Å². The molecule has 0 aliphatic rings. The highest BCUT2D eigenvalue weighted by atomic mass is 16.5. The van der Waals surface area contributed by atoms with Crippen molar-refractivity contribution in [2.75, 3.05) is 20.3 Å². The number of rotatable bonds is 9. The summed E-state index contributed by atoms with van der Waals surface area (Å²) < 4.78 is 7.05. The predicted molar refractivity (Wildman–Crippen MR) is 85.3 cm³/mol. The van der Waals surface area contributed by atoms with Crippen LogP contribution in [0, 0.1) is 11.3 Å². The molecule has 0 fully saturated rings. The van der Waals surface area contributed by atoms with Crippen molar-refractivity contribution in [3.05, 3.63) is 41.2 Å². The molecule has 1 aromatic heterocycles. The van der Waals surface area contributed by atoms with Gasteiger partial charge in [0.05, 0.1) is 24.8 Å². The van der Waals surface area contributed by atoms with Crippen molar-refractivity contribution in [1.82, 2.24) is 25.1 Å². The van der Waals surface area contributed by atoms with E-state index in [1.54, 1.807) is 7.11 Å². The Morgan fingerprint density at radius 1 is 1.26 bits per heavy atom. The zero-order valence-electron chi connectivity index (χ0n) is 13.6. The molecule has 1 heterocycles. The van der Waals surface area contributed by atoms with Crippen LogP contribution in [0.4, 0.5) is 0 Å². The molecular weight excluding hydrogens is 292 g/mol. The van der Waals surface area contributed by atoms with Crippen LogP contribution in [0.1, 0.15) is 30.3 Å². The van der Waals surface area contributed by atoms with Crippen LogP contribution in [0.15, 0.2) is 24.3 Å². The lowest BCUT2D eigenvalue weighted by molar-refractivity contribution is 0.137. The second kappa shape index (κ2) is 8.98. The van der Waals surface area contributed by atoms with Gasteiger partial charge in [-0.15, -0.1) is 5.10 Å². The fraction of sp³-hybridized carbons (Fsp3) is 0.500. The highest BCUT2D eigenvalue weighted by Gasteiger charge is 2.12. The molecule has 1 aromatic carbocycles. The van der Waals surface area contributed by atoms with E-state index in [-0.39, 0.29) is 0 Å². The highest BCUT2D eigenvalue weighted by Crippen LogP contribution is 2.10. The summed E-state index contributed by atoms with van der Waals surface area (Å²) in [6.07, 6.45) is 0.992. The third kappa shape index (κ3) is 5.13. The van der Waals surface area contributed by atoms with Crippen molar-refractivity contribution < 1.29 is 4.74 Å². The maximum absolute atomic E-state index is 8.88. The van der Waals surface area contributed by atoms with E-state index in [0.717, 1.165) is 37.4 Å². The number of methoxy groups -OCH3 is 1. The number of aromatic nitrogens is 4. The molecule has 0 saturated heterocycles. The van der Waals surface area contributed by atoms with Crippen molar-refractivity contribution in [3.63, 3.8) is 0 Å². The van der Waals surface area contributed by atoms with Gasteiger partial charge in [0.2, 0.25) is 0 Å². The zero-order chi connectivity index (χ0) is 16.5. The Kier molecular flexibility index (Phi) is 6.66. The number of tetrazole rings is 1. The molecule has 23 heavy (non-hydrogen) atoms. The van der Waals surface area contributed by atoms with E-state index in [1.807, 2.05) is 28.9 Å². The predicted octanol–water partition coefficient (Wildman–Crippen LogP) is 1.60. The smallest absolute Gasteiger partial charge is 0.165 e. The van der Waals surface area contributed by atoms with Crippen molar-refractivity contribution in [2.24, 2.45) is 0 Å². The van der Waals surface area contributed by atoms with E-state index in [2.05, 4.69) is 33.4 Å². The Morgan fingerprint density at radius 2 is 2.04 bits per heavy atom. The molecule has 0 unspecified atom stereocenters. The van der Waals surface area contributed by atoms with Gasteiger partial charge < -0.3 is 4.74 Å². The summed E-state index contributed by atoms with van der Waals surface area (Å²) in [5, 5.41) is 20.8. The Labute approximate surface area is 136 Å². The van der Waals surface area contributed by atoms with Gasteiger partial charge in [-0.3, -0.25) is 4.90 Å². The number of ether oxygens (including phenoxy) is 1. The third-order valence-electron chi connectivity index (χ3n) is 3.51. The van der Waals surface area contributed by atoms with Gasteiger partial charge in [-0.05, 0) is 34.5 Å². The van der Waals surface area contributed by atoms with E-state index in [9.17, 15) is 0 Å². The molecule has 0 radical (unpaired) electrons. The van der Waals surface area contributed by atoms with Crippen molar-refractivity contribution in [2.45, 2.75) is 33.0 Å². The van der Waals surface area contributed by atoms with E-state index < -0.39 is 0 Å². The lowest BCUT2D eigenvalue weighted by atomic mass is 10.1. The van der Waals surface area contributed by atoms with Crippen LogP contribution in [0.3, 0.4) is 0 Å². The molecule has 0 spiro atoms. The first-order valence-corrected chi connectivity index (χ1v) is 7.72. The Morgan fingerprint density at radius 3 is 2.70 bits per heavy atom. The van der Waals surface area contributed by atoms with Gasteiger partial charge in [-0.2, -0.15) is 5.26 Å². The van der Waals surface area contributed by atoms with E-state index in [4.69, 9.17) is 10.00 Å². The Hall–Kier alpha value is -2.30. The van der Waals surface area contributed by atoms with Crippen LogP contribution in [0.5, 0.6) is 0 Å². The van der Waals surface area contributed by atoms with Crippen LogP contribution in [-0.4, -0.2) is 45.4 Å². The molecule has 0 aliphatic heterocycles. The number of nitriles is 1. The summed E-state index contributed by atoms with van der Waals surface area (Å²) in [6.45, 7) is 5.77. The number of hydrogen-bond acceptors (Lipinski definition) is 6. The van der Waals surface area contributed by atoms with Crippen LogP contribution < -0.4 is 0 Å². The summed E-state index contributed by atoms with van der Waals surface area (Å²) in [7, 11) is 1.70. The normalized spacial score (nSPS) is 10.9. The van der Waals surface area contributed by atoms with Crippen LogP contribution in [-0.2, 0) is 24.4 Å². The lowest BCUT2D eigenvalue weighted by Gasteiger charge is -2.21.